The van der Waals surface area contributed by atoms with Gasteiger partial charge in [-0.25, -0.2) is 4.99 Å². The Hall–Kier alpha value is -1.56. The van der Waals surface area contributed by atoms with Crippen LogP contribution in [0.1, 0.15) is 39.5 Å². The highest BCUT2D eigenvalue weighted by molar-refractivity contribution is 8.00. The summed E-state index contributed by atoms with van der Waals surface area (Å²) in [5.74, 6) is 1.42. The minimum Gasteiger partial charge on any atom is -0.369 e. The molecule has 1 saturated carbocycles. The molecule has 1 aliphatic heterocycles. The normalized spacial score (nSPS) is 32.9. The zero-order chi connectivity index (χ0) is 17.3. The highest BCUT2D eigenvalue weighted by Crippen LogP contribution is 2.35. The molecule has 130 valence electrons. The third-order valence-electron chi connectivity index (χ3n) is 5.21. The van der Waals surface area contributed by atoms with Gasteiger partial charge in [-0.2, -0.15) is 11.8 Å². The summed E-state index contributed by atoms with van der Waals surface area (Å²) < 4.78 is 0. The molecule has 0 saturated heterocycles. The molecule has 3 N–H and O–H groups in total. The first-order valence-corrected chi connectivity index (χ1v) is 9.69. The van der Waals surface area contributed by atoms with Crippen LogP contribution in [0.25, 0.3) is 0 Å². The third kappa shape index (κ3) is 3.58. The first kappa shape index (κ1) is 17.3. The average Bonchev–Trinajstić information content (AvgIpc) is 2.56. The first-order chi connectivity index (χ1) is 11.5. The van der Waals surface area contributed by atoms with Gasteiger partial charge in [0.05, 0.1) is 17.4 Å². The van der Waals surface area contributed by atoms with Crippen LogP contribution in [0.5, 0.6) is 0 Å². The fraction of sp³-hybridized carbons (Fsp3) is 0.611. The number of amidine groups is 1. The maximum absolute atomic E-state index is 12.4. The molecule has 2 atom stereocenters. The molecule has 0 aromatic carbocycles. The van der Waals surface area contributed by atoms with E-state index in [9.17, 15) is 9.59 Å². The Morgan fingerprint density at radius 1 is 1.38 bits per heavy atom. The van der Waals surface area contributed by atoms with Crippen LogP contribution in [0.15, 0.2) is 28.4 Å². The molecule has 24 heavy (non-hydrogen) atoms. The number of aliphatic imine (C=N–C) groups is 1. The fourth-order valence-corrected chi connectivity index (χ4v) is 4.82. The second-order valence-corrected chi connectivity index (χ2v) is 8.29. The van der Waals surface area contributed by atoms with Gasteiger partial charge >= 0.3 is 0 Å². The largest absolute Gasteiger partial charge is 0.369 e. The van der Waals surface area contributed by atoms with Crippen LogP contribution < -0.4 is 11.1 Å². The molecular formula is C18H25N3O2S. The molecule has 5 nitrogen and oxygen atoms in total. The summed E-state index contributed by atoms with van der Waals surface area (Å²) in [7, 11) is 0. The number of amides is 2. The Morgan fingerprint density at radius 3 is 2.75 bits per heavy atom. The van der Waals surface area contributed by atoms with Crippen LogP contribution in [0.4, 0.5) is 0 Å². The van der Waals surface area contributed by atoms with E-state index in [0.29, 0.717) is 11.0 Å². The van der Waals surface area contributed by atoms with Crippen molar-refractivity contribution in [2.75, 3.05) is 5.75 Å². The molecule has 0 aromatic heterocycles. The summed E-state index contributed by atoms with van der Waals surface area (Å²) >= 11 is 1.82. The fourth-order valence-electron chi connectivity index (χ4n) is 3.68. The van der Waals surface area contributed by atoms with E-state index in [1.54, 1.807) is 0 Å². The number of nitrogens with one attached hydrogen (secondary N) is 1. The Balaban J connectivity index is 1.60. The number of primary amides is 1. The van der Waals surface area contributed by atoms with E-state index in [0.717, 1.165) is 42.8 Å². The number of thioether (sulfide) groups is 1. The van der Waals surface area contributed by atoms with Gasteiger partial charge in [-0.1, -0.05) is 19.1 Å². The summed E-state index contributed by atoms with van der Waals surface area (Å²) in [5, 5.41) is 3.49. The maximum atomic E-state index is 12.4. The van der Waals surface area contributed by atoms with Crippen molar-refractivity contribution in [1.82, 2.24) is 5.32 Å². The number of hydrogen-bond acceptors (Lipinski definition) is 4. The molecule has 2 unspecified atom stereocenters. The van der Waals surface area contributed by atoms with Crippen molar-refractivity contribution in [3.8, 4) is 0 Å². The van der Waals surface area contributed by atoms with Crippen LogP contribution in [0.3, 0.4) is 0 Å². The molecule has 1 fully saturated rings. The highest BCUT2D eigenvalue weighted by Gasteiger charge is 2.35. The van der Waals surface area contributed by atoms with Gasteiger partial charge in [-0.3, -0.25) is 9.59 Å². The molecule has 2 amide bonds. The first-order valence-electron chi connectivity index (χ1n) is 8.64. The van der Waals surface area contributed by atoms with Crippen LogP contribution in [-0.2, 0) is 9.59 Å². The minimum absolute atomic E-state index is 0.0395. The molecule has 6 heteroatoms. The van der Waals surface area contributed by atoms with Crippen LogP contribution in [-0.4, -0.2) is 28.7 Å². The van der Waals surface area contributed by atoms with E-state index in [1.165, 1.54) is 0 Å². The van der Waals surface area contributed by atoms with Crippen molar-refractivity contribution in [1.29, 1.82) is 0 Å². The molecule has 2 aliphatic carbocycles. The maximum Gasteiger partial charge on any atom is 0.235 e. The molecule has 0 bridgehead atoms. The van der Waals surface area contributed by atoms with E-state index in [1.807, 2.05) is 18.7 Å². The van der Waals surface area contributed by atoms with Gasteiger partial charge in [0, 0.05) is 11.2 Å². The lowest BCUT2D eigenvalue weighted by molar-refractivity contribution is -0.124. The summed E-state index contributed by atoms with van der Waals surface area (Å²) in [6, 6.07) is 0. The van der Waals surface area contributed by atoms with E-state index in [4.69, 9.17) is 10.7 Å². The SMILES string of the molecule is CC1=C2N=C(CSC3CCC(C(N)=O)CC3)NC(=O)C2C(C)C=C1. The summed E-state index contributed by atoms with van der Waals surface area (Å²) in [4.78, 5) is 28.4. The lowest BCUT2D eigenvalue weighted by Crippen LogP contribution is -2.44. The van der Waals surface area contributed by atoms with Crippen LogP contribution in [0, 0.1) is 17.8 Å². The number of carbonyl (C=O) groups excluding carboxylic acids is 2. The summed E-state index contributed by atoms with van der Waals surface area (Å²) in [5.41, 5.74) is 7.38. The van der Waals surface area contributed by atoms with Crippen LogP contribution in [0.2, 0.25) is 0 Å². The second-order valence-electron chi connectivity index (χ2n) is 7.00. The zero-order valence-electron chi connectivity index (χ0n) is 14.2. The van der Waals surface area contributed by atoms with E-state index in [2.05, 4.69) is 24.4 Å². The topological polar surface area (TPSA) is 84.5 Å². The number of nitrogens with two attached hydrogens (primary N) is 1. The van der Waals surface area contributed by atoms with Crippen molar-refractivity contribution >= 4 is 29.4 Å². The standard InChI is InChI=1S/C18H25N3O2S/c1-10-3-4-11(2)16-15(10)18(23)21-14(20-16)9-24-13-7-5-12(6-8-13)17(19)22/h3-4,10,12-13,15H,5-9H2,1-2H3,(H2,19,22)(H,20,21,23). The van der Waals surface area contributed by atoms with Crippen molar-refractivity contribution in [2.24, 2.45) is 28.5 Å². The van der Waals surface area contributed by atoms with Crippen molar-refractivity contribution in [3.05, 3.63) is 23.4 Å². The molecule has 3 aliphatic rings. The van der Waals surface area contributed by atoms with Gasteiger partial charge in [0.25, 0.3) is 0 Å². The number of nitrogens with zero attached hydrogens (tertiary/aromatic N) is 1. The Bertz CT molecular complexity index is 630. The molecule has 3 rings (SSSR count). The van der Waals surface area contributed by atoms with Gasteiger partial charge in [-0.05, 0) is 44.1 Å². The second kappa shape index (κ2) is 7.13. The lowest BCUT2D eigenvalue weighted by Gasteiger charge is -2.31. The molecule has 0 aromatic rings. The predicted octanol–water partition coefficient (Wildman–Crippen LogP) is 2.39. The van der Waals surface area contributed by atoms with E-state index < -0.39 is 0 Å². The summed E-state index contributed by atoms with van der Waals surface area (Å²) in [6.45, 7) is 4.07. The molecule has 0 radical (unpaired) electrons. The Morgan fingerprint density at radius 2 is 2.08 bits per heavy atom. The van der Waals surface area contributed by atoms with Gasteiger partial charge in [-0.15, -0.1) is 0 Å². The predicted molar refractivity (Wildman–Crippen MR) is 97.5 cm³/mol. The van der Waals surface area contributed by atoms with Crippen molar-refractivity contribution in [3.63, 3.8) is 0 Å². The lowest BCUT2D eigenvalue weighted by atomic mass is 9.83. The number of carbonyl (C=O) groups is 2. The number of hydrogen-bond donors (Lipinski definition) is 2. The van der Waals surface area contributed by atoms with Crippen molar-refractivity contribution in [2.45, 2.75) is 44.8 Å². The quantitative estimate of drug-likeness (QED) is 0.819. The van der Waals surface area contributed by atoms with Gasteiger partial charge in [0.15, 0.2) is 0 Å². The third-order valence-corrected chi connectivity index (χ3v) is 6.59. The Labute approximate surface area is 147 Å². The number of fused-ring (bicyclic) bond motifs is 1. The van der Waals surface area contributed by atoms with Gasteiger partial charge < -0.3 is 11.1 Å². The minimum atomic E-state index is -0.171. The monoisotopic (exact) mass is 347 g/mol. The molecular weight excluding hydrogens is 322 g/mol. The van der Waals surface area contributed by atoms with Gasteiger partial charge in [0.1, 0.15) is 5.84 Å². The highest BCUT2D eigenvalue weighted by atomic mass is 32.2. The Kier molecular flexibility index (Phi) is 5.13. The average molecular weight is 347 g/mol. The number of rotatable bonds is 4. The van der Waals surface area contributed by atoms with Crippen LogP contribution >= 0.6 is 11.8 Å². The molecule has 0 spiro atoms. The summed E-state index contributed by atoms with van der Waals surface area (Å²) in [6.07, 6.45) is 7.90. The van der Waals surface area contributed by atoms with Crippen molar-refractivity contribution < 1.29 is 9.59 Å². The zero-order valence-corrected chi connectivity index (χ0v) is 15.1. The molecule has 1 heterocycles. The smallest absolute Gasteiger partial charge is 0.235 e. The van der Waals surface area contributed by atoms with E-state index >= 15 is 0 Å². The van der Waals surface area contributed by atoms with Gasteiger partial charge in [0.2, 0.25) is 11.8 Å². The number of allylic oxidation sites excluding steroid dienone is 3. The van der Waals surface area contributed by atoms with E-state index in [-0.39, 0.29) is 29.6 Å².